The molecule has 0 spiro atoms. The van der Waals surface area contributed by atoms with Gasteiger partial charge in [-0.05, 0) is 17.0 Å². The van der Waals surface area contributed by atoms with Crippen molar-refractivity contribution < 1.29 is 4.79 Å². The molecule has 1 amide bonds. The third-order valence-corrected chi connectivity index (χ3v) is 2.55. The first-order valence-corrected chi connectivity index (χ1v) is 4.75. The van der Waals surface area contributed by atoms with E-state index in [1.54, 1.807) is 12.4 Å². The van der Waals surface area contributed by atoms with Gasteiger partial charge in [-0.3, -0.25) is 9.78 Å². The van der Waals surface area contributed by atoms with Crippen LogP contribution in [0.4, 0.5) is 5.69 Å². The van der Waals surface area contributed by atoms with Crippen LogP contribution in [0, 0.1) is 5.41 Å². The summed E-state index contributed by atoms with van der Waals surface area (Å²) in [7, 11) is 0. The Bertz CT molecular complexity index is 379. The highest BCUT2D eigenvalue weighted by atomic mass is 16.2. The van der Waals surface area contributed by atoms with Gasteiger partial charge in [0.1, 0.15) is 0 Å². The summed E-state index contributed by atoms with van der Waals surface area (Å²) in [6, 6.07) is 1.92. The van der Waals surface area contributed by atoms with Crippen molar-refractivity contribution in [3.63, 3.8) is 0 Å². The van der Waals surface area contributed by atoms with Crippen molar-refractivity contribution in [3.05, 3.63) is 24.0 Å². The number of pyridine rings is 1. The summed E-state index contributed by atoms with van der Waals surface area (Å²) in [5, 5.41) is 2.85. The molecule has 0 aliphatic carbocycles. The number of nitrogens with one attached hydrogen (secondary N) is 1. The van der Waals surface area contributed by atoms with E-state index in [-0.39, 0.29) is 17.2 Å². The van der Waals surface area contributed by atoms with Crippen molar-refractivity contribution in [2.24, 2.45) is 5.41 Å². The molecule has 0 radical (unpaired) electrons. The van der Waals surface area contributed by atoms with Gasteiger partial charge in [0.05, 0.1) is 17.8 Å². The van der Waals surface area contributed by atoms with Gasteiger partial charge in [-0.25, -0.2) is 0 Å². The monoisotopic (exact) mass is 190 g/mol. The molecule has 2 heterocycles. The lowest BCUT2D eigenvalue weighted by atomic mass is 9.77. The highest BCUT2D eigenvalue weighted by molar-refractivity contribution is 6.03. The number of carbonyl (C=O) groups is 1. The zero-order chi connectivity index (χ0) is 10.3. The second-order valence-electron chi connectivity index (χ2n) is 4.75. The lowest BCUT2D eigenvalue weighted by Crippen LogP contribution is -2.25. The van der Waals surface area contributed by atoms with E-state index in [4.69, 9.17) is 0 Å². The molecule has 1 atom stereocenters. The molecular formula is C11H14N2O. The molecule has 0 saturated heterocycles. The molecule has 1 aromatic rings. The Kier molecular flexibility index (Phi) is 1.84. The Labute approximate surface area is 83.5 Å². The molecule has 1 aromatic heterocycles. The number of aromatic nitrogens is 1. The van der Waals surface area contributed by atoms with Crippen LogP contribution < -0.4 is 5.32 Å². The molecule has 0 bridgehead atoms. The molecule has 2 rings (SSSR count). The summed E-state index contributed by atoms with van der Waals surface area (Å²) < 4.78 is 0. The van der Waals surface area contributed by atoms with Gasteiger partial charge in [-0.15, -0.1) is 0 Å². The Morgan fingerprint density at radius 2 is 2.14 bits per heavy atom. The maximum absolute atomic E-state index is 11.7. The molecule has 1 N–H and O–H groups in total. The standard InChI is InChI=1S/C11H14N2O/c1-11(2,3)9-7-4-5-12-6-8(7)13-10(9)14/h4-6,9H,1-3H3,(H,13,14). The quantitative estimate of drug-likeness (QED) is 0.681. The number of hydrogen-bond acceptors (Lipinski definition) is 2. The summed E-state index contributed by atoms with van der Waals surface area (Å²) >= 11 is 0. The molecule has 1 unspecified atom stereocenters. The molecule has 0 aromatic carbocycles. The van der Waals surface area contributed by atoms with E-state index >= 15 is 0 Å². The first kappa shape index (κ1) is 9.19. The van der Waals surface area contributed by atoms with Gasteiger partial charge in [0.25, 0.3) is 0 Å². The van der Waals surface area contributed by atoms with E-state index in [0.29, 0.717) is 0 Å². The Hall–Kier alpha value is -1.38. The lowest BCUT2D eigenvalue weighted by molar-refractivity contribution is -0.119. The minimum absolute atomic E-state index is 0.0450. The molecule has 74 valence electrons. The largest absolute Gasteiger partial charge is 0.324 e. The van der Waals surface area contributed by atoms with Crippen LogP contribution in [0.25, 0.3) is 0 Å². The van der Waals surface area contributed by atoms with Gasteiger partial charge in [-0.2, -0.15) is 0 Å². The smallest absolute Gasteiger partial charge is 0.232 e. The highest BCUT2D eigenvalue weighted by Crippen LogP contribution is 2.42. The number of amides is 1. The zero-order valence-electron chi connectivity index (χ0n) is 8.66. The minimum Gasteiger partial charge on any atom is -0.324 e. The topological polar surface area (TPSA) is 42.0 Å². The summed E-state index contributed by atoms with van der Waals surface area (Å²) in [6.07, 6.45) is 3.44. The molecule has 1 aliphatic rings. The number of fused-ring (bicyclic) bond motifs is 1. The van der Waals surface area contributed by atoms with Crippen LogP contribution >= 0.6 is 0 Å². The Morgan fingerprint density at radius 1 is 1.43 bits per heavy atom. The van der Waals surface area contributed by atoms with Crippen molar-refractivity contribution in [2.75, 3.05) is 5.32 Å². The predicted molar refractivity (Wildman–Crippen MR) is 55.1 cm³/mol. The van der Waals surface area contributed by atoms with Crippen LogP contribution in [-0.4, -0.2) is 10.9 Å². The zero-order valence-corrected chi connectivity index (χ0v) is 8.66. The van der Waals surface area contributed by atoms with Gasteiger partial charge in [0.2, 0.25) is 5.91 Å². The molecular weight excluding hydrogens is 176 g/mol. The van der Waals surface area contributed by atoms with Crippen molar-refractivity contribution >= 4 is 11.6 Å². The summed E-state index contributed by atoms with van der Waals surface area (Å²) in [5.41, 5.74) is 1.88. The second-order valence-corrected chi connectivity index (χ2v) is 4.75. The molecule has 14 heavy (non-hydrogen) atoms. The van der Waals surface area contributed by atoms with E-state index in [2.05, 4.69) is 31.1 Å². The number of nitrogens with zero attached hydrogens (tertiary/aromatic N) is 1. The minimum atomic E-state index is -0.0551. The molecule has 3 heteroatoms. The summed E-state index contributed by atoms with van der Waals surface area (Å²) in [6.45, 7) is 6.23. The van der Waals surface area contributed by atoms with Crippen LogP contribution in [0.5, 0.6) is 0 Å². The molecule has 3 nitrogen and oxygen atoms in total. The fourth-order valence-corrected chi connectivity index (χ4v) is 1.97. The Morgan fingerprint density at radius 3 is 2.79 bits per heavy atom. The van der Waals surface area contributed by atoms with E-state index in [9.17, 15) is 4.79 Å². The van der Waals surface area contributed by atoms with Crippen LogP contribution in [0.2, 0.25) is 0 Å². The lowest BCUT2D eigenvalue weighted by Gasteiger charge is -2.24. The molecule has 1 aliphatic heterocycles. The van der Waals surface area contributed by atoms with E-state index in [1.807, 2.05) is 6.07 Å². The Balaban J connectivity index is 2.50. The third-order valence-electron chi connectivity index (χ3n) is 2.55. The third kappa shape index (κ3) is 1.29. The average Bonchev–Trinajstić information content (AvgIpc) is 2.38. The SMILES string of the molecule is CC(C)(C)C1C(=O)Nc2cnccc21. The van der Waals surface area contributed by atoms with Crippen LogP contribution in [0.15, 0.2) is 18.5 Å². The summed E-state index contributed by atoms with van der Waals surface area (Å²) in [5.74, 6) is 0.0287. The van der Waals surface area contributed by atoms with Gasteiger partial charge in [0, 0.05) is 6.20 Å². The maximum atomic E-state index is 11.7. The van der Waals surface area contributed by atoms with Gasteiger partial charge in [0.15, 0.2) is 0 Å². The van der Waals surface area contributed by atoms with Crippen molar-refractivity contribution in [1.82, 2.24) is 4.98 Å². The van der Waals surface area contributed by atoms with E-state index < -0.39 is 0 Å². The van der Waals surface area contributed by atoms with Gasteiger partial charge < -0.3 is 5.32 Å². The maximum Gasteiger partial charge on any atom is 0.232 e. The van der Waals surface area contributed by atoms with Crippen LogP contribution in [-0.2, 0) is 4.79 Å². The number of rotatable bonds is 0. The average molecular weight is 190 g/mol. The highest BCUT2D eigenvalue weighted by Gasteiger charge is 2.38. The van der Waals surface area contributed by atoms with Gasteiger partial charge in [-0.1, -0.05) is 20.8 Å². The fourth-order valence-electron chi connectivity index (χ4n) is 1.97. The summed E-state index contributed by atoms with van der Waals surface area (Å²) in [4.78, 5) is 15.7. The first-order chi connectivity index (χ1) is 6.50. The van der Waals surface area contributed by atoms with Crippen molar-refractivity contribution in [2.45, 2.75) is 26.7 Å². The van der Waals surface area contributed by atoms with E-state index in [0.717, 1.165) is 11.3 Å². The molecule has 0 saturated carbocycles. The van der Waals surface area contributed by atoms with Crippen molar-refractivity contribution in [3.8, 4) is 0 Å². The van der Waals surface area contributed by atoms with Crippen LogP contribution in [0.1, 0.15) is 32.3 Å². The van der Waals surface area contributed by atoms with E-state index in [1.165, 1.54) is 0 Å². The van der Waals surface area contributed by atoms with Gasteiger partial charge >= 0.3 is 0 Å². The number of anilines is 1. The first-order valence-electron chi connectivity index (χ1n) is 4.75. The van der Waals surface area contributed by atoms with Crippen LogP contribution in [0.3, 0.4) is 0 Å². The normalized spacial score (nSPS) is 20.5. The van der Waals surface area contributed by atoms with Crippen molar-refractivity contribution in [1.29, 1.82) is 0 Å². The molecule has 0 fully saturated rings. The number of hydrogen-bond donors (Lipinski definition) is 1. The number of carbonyl (C=O) groups excluding carboxylic acids is 1. The fraction of sp³-hybridized carbons (Fsp3) is 0.455. The second kappa shape index (κ2) is 2.80. The predicted octanol–water partition coefficient (Wildman–Crippen LogP) is 2.16.